The van der Waals surface area contributed by atoms with Gasteiger partial charge in [0.25, 0.3) is 11.6 Å². The molecule has 104 valence electrons. The molecule has 1 unspecified atom stereocenters. The maximum Gasteiger partial charge on any atom is 0.306 e. The lowest BCUT2D eigenvalue weighted by molar-refractivity contribution is -0.384. The molecule has 3 N–H and O–H groups in total. The van der Waals surface area contributed by atoms with E-state index in [-0.39, 0.29) is 24.3 Å². The molecule has 0 saturated carbocycles. The number of methoxy groups -OCH3 is 1. The molecule has 0 radical (unpaired) electrons. The smallest absolute Gasteiger partial charge is 0.306 e. The Morgan fingerprint density at radius 1 is 1.63 bits per heavy atom. The first-order chi connectivity index (χ1) is 8.93. The summed E-state index contributed by atoms with van der Waals surface area (Å²) in [6, 6.07) is 1.09. The monoisotopic (exact) mass is 271 g/mol. The summed E-state index contributed by atoms with van der Waals surface area (Å²) >= 11 is 0. The van der Waals surface area contributed by atoms with Gasteiger partial charge in [0.2, 0.25) is 0 Å². The van der Waals surface area contributed by atoms with Crippen LogP contribution in [0.15, 0.2) is 12.3 Å². The van der Waals surface area contributed by atoms with Crippen molar-refractivity contribution in [1.29, 1.82) is 0 Å². The third kappa shape index (κ3) is 4.39. The number of hydrogen-bond acceptors (Lipinski definition) is 5. The molecule has 1 heterocycles. The third-order valence-corrected chi connectivity index (χ3v) is 2.35. The van der Waals surface area contributed by atoms with Gasteiger partial charge in [0.05, 0.1) is 23.6 Å². The predicted molar refractivity (Wildman–Crippen MR) is 62.8 cm³/mol. The summed E-state index contributed by atoms with van der Waals surface area (Å²) in [5, 5.41) is 21.5. The van der Waals surface area contributed by atoms with Crippen LogP contribution in [0.25, 0.3) is 0 Å². The molecular formula is C10H13N3O6. The van der Waals surface area contributed by atoms with Crippen LogP contribution in [0.2, 0.25) is 0 Å². The number of nitro groups is 1. The molecule has 0 bridgehead atoms. The normalized spacial score (nSPS) is 11.8. The zero-order valence-corrected chi connectivity index (χ0v) is 10.1. The molecule has 0 aliphatic rings. The van der Waals surface area contributed by atoms with Gasteiger partial charge in [-0.2, -0.15) is 0 Å². The van der Waals surface area contributed by atoms with E-state index in [1.807, 2.05) is 0 Å². The molecule has 0 aliphatic carbocycles. The van der Waals surface area contributed by atoms with E-state index in [0.717, 1.165) is 12.3 Å². The Morgan fingerprint density at radius 3 is 2.79 bits per heavy atom. The second kappa shape index (κ2) is 6.50. The number of nitrogens with zero attached hydrogens (tertiary/aromatic N) is 1. The number of carboxylic acid groups (broad SMARTS) is 1. The second-order valence-corrected chi connectivity index (χ2v) is 3.69. The van der Waals surface area contributed by atoms with Crippen molar-refractivity contribution in [2.75, 3.05) is 13.7 Å². The maximum atomic E-state index is 11.6. The number of carbonyl (C=O) groups is 2. The summed E-state index contributed by atoms with van der Waals surface area (Å²) in [7, 11) is 1.33. The number of rotatable bonds is 7. The molecule has 1 aromatic heterocycles. The highest BCUT2D eigenvalue weighted by Gasteiger charge is 2.17. The molecule has 0 fully saturated rings. The number of aliphatic carboxylic acids is 1. The van der Waals surface area contributed by atoms with Gasteiger partial charge < -0.3 is 20.1 Å². The summed E-state index contributed by atoms with van der Waals surface area (Å²) in [5.41, 5.74) is -0.198. The second-order valence-electron chi connectivity index (χ2n) is 3.69. The summed E-state index contributed by atoms with van der Waals surface area (Å²) in [5.74, 6) is -1.61. The summed E-state index contributed by atoms with van der Waals surface area (Å²) in [4.78, 5) is 34.4. The van der Waals surface area contributed by atoms with E-state index in [4.69, 9.17) is 9.84 Å². The molecule has 1 atom stereocenters. The van der Waals surface area contributed by atoms with E-state index >= 15 is 0 Å². The Bertz CT molecular complexity index is 483. The molecule has 9 nitrogen and oxygen atoms in total. The van der Waals surface area contributed by atoms with Crippen molar-refractivity contribution in [3.8, 4) is 0 Å². The zero-order valence-electron chi connectivity index (χ0n) is 10.1. The summed E-state index contributed by atoms with van der Waals surface area (Å²) in [6.45, 7) is -0.00551. The zero-order chi connectivity index (χ0) is 14.4. The highest BCUT2D eigenvalue weighted by molar-refractivity contribution is 5.93. The number of carboxylic acids is 1. The van der Waals surface area contributed by atoms with E-state index < -0.39 is 22.9 Å². The van der Waals surface area contributed by atoms with Crippen molar-refractivity contribution >= 4 is 17.6 Å². The van der Waals surface area contributed by atoms with E-state index in [0.29, 0.717) is 0 Å². The van der Waals surface area contributed by atoms with Crippen molar-refractivity contribution in [2.24, 2.45) is 0 Å². The lowest BCUT2D eigenvalue weighted by atomic mass is 10.2. The van der Waals surface area contributed by atoms with Gasteiger partial charge in [0.1, 0.15) is 5.69 Å². The van der Waals surface area contributed by atoms with Crippen LogP contribution >= 0.6 is 0 Å². The molecule has 1 amide bonds. The number of aromatic nitrogens is 1. The average Bonchev–Trinajstić information content (AvgIpc) is 2.83. The lowest BCUT2D eigenvalue weighted by Gasteiger charge is -2.13. The van der Waals surface area contributed by atoms with Gasteiger partial charge in [-0.15, -0.1) is 0 Å². The van der Waals surface area contributed by atoms with Crippen molar-refractivity contribution < 1.29 is 24.4 Å². The van der Waals surface area contributed by atoms with Crippen LogP contribution in [0.1, 0.15) is 16.9 Å². The van der Waals surface area contributed by atoms with Gasteiger partial charge in [-0.25, -0.2) is 0 Å². The van der Waals surface area contributed by atoms with Gasteiger partial charge in [-0.05, 0) is 0 Å². The van der Waals surface area contributed by atoms with E-state index in [9.17, 15) is 19.7 Å². The number of amides is 1. The Labute approximate surface area is 107 Å². The first kappa shape index (κ1) is 14.6. The predicted octanol–water partition coefficient (Wildman–Crippen LogP) is 0.142. The number of carbonyl (C=O) groups excluding carboxylic acids is 1. The van der Waals surface area contributed by atoms with E-state index in [1.54, 1.807) is 0 Å². The fourth-order valence-electron chi connectivity index (χ4n) is 1.35. The Balaban J connectivity index is 2.54. The Morgan fingerprint density at radius 2 is 2.32 bits per heavy atom. The fourth-order valence-corrected chi connectivity index (χ4v) is 1.35. The first-order valence-electron chi connectivity index (χ1n) is 5.29. The largest absolute Gasteiger partial charge is 0.481 e. The van der Waals surface area contributed by atoms with Crippen LogP contribution in [-0.4, -0.2) is 46.6 Å². The molecule has 1 aromatic rings. The van der Waals surface area contributed by atoms with Crippen molar-refractivity contribution in [2.45, 2.75) is 12.5 Å². The van der Waals surface area contributed by atoms with Crippen LogP contribution in [0, 0.1) is 10.1 Å². The first-order valence-corrected chi connectivity index (χ1v) is 5.29. The van der Waals surface area contributed by atoms with Gasteiger partial charge >= 0.3 is 5.97 Å². The molecule has 0 aromatic carbocycles. The Hall–Kier alpha value is -2.42. The third-order valence-electron chi connectivity index (χ3n) is 2.35. The van der Waals surface area contributed by atoms with Gasteiger partial charge in [-0.1, -0.05) is 0 Å². The van der Waals surface area contributed by atoms with Crippen molar-refractivity contribution in [1.82, 2.24) is 10.3 Å². The minimum Gasteiger partial charge on any atom is -0.481 e. The minimum atomic E-state index is -1.04. The fraction of sp³-hybridized carbons (Fsp3) is 0.400. The molecule has 19 heavy (non-hydrogen) atoms. The SMILES string of the molecule is COC(CNC(=O)c1cc([N+](=O)[O-])c[nH]1)CC(=O)O. The highest BCUT2D eigenvalue weighted by atomic mass is 16.6. The lowest BCUT2D eigenvalue weighted by Crippen LogP contribution is -2.34. The van der Waals surface area contributed by atoms with E-state index in [2.05, 4.69) is 10.3 Å². The molecule has 0 saturated heterocycles. The van der Waals surface area contributed by atoms with Gasteiger partial charge in [-0.3, -0.25) is 19.7 Å². The van der Waals surface area contributed by atoms with Crippen LogP contribution in [0.4, 0.5) is 5.69 Å². The number of nitrogens with one attached hydrogen (secondary N) is 2. The van der Waals surface area contributed by atoms with Gasteiger partial charge in [0.15, 0.2) is 0 Å². The quantitative estimate of drug-likeness (QED) is 0.477. The molecule has 9 heteroatoms. The van der Waals surface area contributed by atoms with E-state index in [1.165, 1.54) is 7.11 Å². The molecule has 0 spiro atoms. The minimum absolute atomic E-state index is 0.00551. The number of ether oxygens (including phenoxy) is 1. The average molecular weight is 271 g/mol. The van der Waals surface area contributed by atoms with Crippen molar-refractivity contribution in [3.05, 3.63) is 28.1 Å². The van der Waals surface area contributed by atoms with Crippen molar-refractivity contribution in [3.63, 3.8) is 0 Å². The summed E-state index contributed by atoms with van der Waals surface area (Å²) < 4.78 is 4.88. The molecular weight excluding hydrogens is 258 g/mol. The highest BCUT2D eigenvalue weighted by Crippen LogP contribution is 2.11. The Kier molecular flexibility index (Phi) is 5.01. The number of hydrogen-bond donors (Lipinski definition) is 3. The standard InChI is InChI=1S/C10H13N3O6/c1-19-7(3-9(14)15)5-12-10(16)8-2-6(4-11-8)13(17)18/h2,4,7,11H,3,5H2,1H3,(H,12,16)(H,14,15). The van der Waals surface area contributed by atoms with Crippen LogP contribution in [0.5, 0.6) is 0 Å². The van der Waals surface area contributed by atoms with Crippen LogP contribution < -0.4 is 5.32 Å². The molecule has 1 rings (SSSR count). The topological polar surface area (TPSA) is 135 Å². The number of H-pyrrole nitrogens is 1. The van der Waals surface area contributed by atoms with Crippen LogP contribution in [0.3, 0.4) is 0 Å². The maximum absolute atomic E-state index is 11.6. The number of aromatic amines is 1. The van der Waals surface area contributed by atoms with Crippen LogP contribution in [-0.2, 0) is 9.53 Å². The summed E-state index contributed by atoms with van der Waals surface area (Å²) in [6.07, 6.45) is 0.188. The van der Waals surface area contributed by atoms with Gasteiger partial charge in [0, 0.05) is 19.7 Å². The molecule has 0 aliphatic heterocycles.